The van der Waals surface area contributed by atoms with Crippen LogP contribution in [0.15, 0.2) is 0 Å². The van der Waals surface area contributed by atoms with Gasteiger partial charge in [0, 0.05) is 19.1 Å². The summed E-state index contributed by atoms with van der Waals surface area (Å²) < 4.78 is 5.85. The molecule has 140 valence electrons. The lowest BCUT2D eigenvalue weighted by atomic mass is 9.93. The SMILES string of the molecule is C[C@@H]1CN(CCC2CCN(CC[C@H]3CCCN3C)CC2)C[C@H](C)O1. The minimum atomic E-state index is 0.407. The Morgan fingerprint density at radius 2 is 1.50 bits per heavy atom. The number of likely N-dealkylation sites (tertiary alicyclic amines) is 2. The summed E-state index contributed by atoms with van der Waals surface area (Å²) in [5, 5.41) is 0. The van der Waals surface area contributed by atoms with Gasteiger partial charge in [0.05, 0.1) is 12.2 Å². The highest BCUT2D eigenvalue weighted by atomic mass is 16.5. The Bertz CT molecular complexity index is 360. The van der Waals surface area contributed by atoms with Gasteiger partial charge in [0.15, 0.2) is 0 Å². The second-order valence-corrected chi connectivity index (χ2v) is 8.66. The third-order valence-electron chi connectivity index (χ3n) is 6.51. The summed E-state index contributed by atoms with van der Waals surface area (Å²) in [6.07, 6.45) is 9.23. The van der Waals surface area contributed by atoms with Crippen LogP contribution in [-0.2, 0) is 4.74 Å². The van der Waals surface area contributed by atoms with Crippen LogP contribution in [-0.4, -0.2) is 85.8 Å². The number of ether oxygens (including phenoxy) is 1. The lowest BCUT2D eigenvalue weighted by molar-refractivity contribution is -0.0693. The zero-order chi connectivity index (χ0) is 16.9. The Hall–Kier alpha value is -0.160. The van der Waals surface area contributed by atoms with Crippen molar-refractivity contribution in [3.8, 4) is 0 Å². The summed E-state index contributed by atoms with van der Waals surface area (Å²) in [6, 6.07) is 0.855. The van der Waals surface area contributed by atoms with Crippen LogP contribution < -0.4 is 0 Å². The summed E-state index contributed by atoms with van der Waals surface area (Å²) in [7, 11) is 2.30. The van der Waals surface area contributed by atoms with Crippen LogP contribution >= 0.6 is 0 Å². The molecule has 3 atom stereocenters. The molecule has 0 aromatic carbocycles. The van der Waals surface area contributed by atoms with Crippen molar-refractivity contribution in [2.75, 3.05) is 52.9 Å². The molecular formula is C20H39N3O. The van der Waals surface area contributed by atoms with Gasteiger partial charge >= 0.3 is 0 Å². The van der Waals surface area contributed by atoms with Gasteiger partial charge in [-0.1, -0.05) is 0 Å². The van der Waals surface area contributed by atoms with Gasteiger partial charge in [0.1, 0.15) is 0 Å². The molecule has 3 aliphatic rings. The van der Waals surface area contributed by atoms with Crippen LogP contribution in [0.4, 0.5) is 0 Å². The molecule has 0 spiro atoms. The molecule has 4 heteroatoms. The average Bonchev–Trinajstić information content (AvgIpc) is 2.96. The highest BCUT2D eigenvalue weighted by Gasteiger charge is 2.25. The molecule has 3 rings (SSSR count). The number of nitrogens with zero attached hydrogens (tertiary/aromatic N) is 3. The van der Waals surface area contributed by atoms with Crippen molar-refractivity contribution in [3.05, 3.63) is 0 Å². The molecule has 0 aromatic rings. The Morgan fingerprint density at radius 3 is 2.12 bits per heavy atom. The van der Waals surface area contributed by atoms with Gasteiger partial charge in [-0.05, 0) is 98.1 Å². The van der Waals surface area contributed by atoms with E-state index in [1.807, 2.05) is 0 Å². The number of hydrogen-bond acceptors (Lipinski definition) is 4. The van der Waals surface area contributed by atoms with Gasteiger partial charge in [-0.25, -0.2) is 0 Å². The van der Waals surface area contributed by atoms with Gasteiger partial charge in [-0.3, -0.25) is 4.90 Å². The third-order valence-corrected chi connectivity index (χ3v) is 6.51. The Balaban J connectivity index is 1.29. The van der Waals surface area contributed by atoms with Gasteiger partial charge in [0.2, 0.25) is 0 Å². The van der Waals surface area contributed by atoms with Crippen molar-refractivity contribution in [3.63, 3.8) is 0 Å². The molecule has 0 aliphatic carbocycles. The predicted molar refractivity (Wildman–Crippen MR) is 100 cm³/mol. The lowest BCUT2D eigenvalue weighted by Gasteiger charge is -2.37. The first-order valence-electron chi connectivity index (χ1n) is 10.4. The molecular weight excluding hydrogens is 298 g/mol. The fourth-order valence-corrected chi connectivity index (χ4v) is 5.01. The largest absolute Gasteiger partial charge is 0.373 e. The van der Waals surface area contributed by atoms with E-state index in [1.54, 1.807) is 0 Å². The highest BCUT2D eigenvalue weighted by molar-refractivity contribution is 4.80. The van der Waals surface area contributed by atoms with Crippen LogP contribution in [0.3, 0.4) is 0 Å². The minimum Gasteiger partial charge on any atom is -0.373 e. The molecule has 0 amide bonds. The van der Waals surface area contributed by atoms with Crippen molar-refractivity contribution >= 4 is 0 Å². The quantitative estimate of drug-likeness (QED) is 0.742. The van der Waals surface area contributed by atoms with E-state index < -0.39 is 0 Å². The van der Waals surface area contributed by atoms with Crippen LogP contribution in [0.1, 0.15) is 52.4 Å². The van der Waals surface area contributed by atoms with Gasteiger partial charge in [-0.2, -0.15) is 0 Å². The summed E-state index contributed by atoms with van der Waals surface area (Å²) in [5.74, 6) is 0.948. The molecule has 3 aliphatic heterocycles. The summed E-state index contributed by atoms with van der Waals surface area (Å²) >= 11 is 0. The van der Waals surface area contributed by atoms with Gasteiger partial charge in [0.25, 0.3) is 0 Å². The van der Waals surface area contributed by atoms with E-state index in [0.29, 0.717) is 12.2 Å². The van der Waals surface area contributed by atoms with Crippen molar-refractivity contribution in [1.29, 1.82) is 0 Å². The first-order valence-corrected chi connectivity index (χ1v) is 10.4. The summed E-state index contributed by atoms with van der Waals surface area (Å²) in [6.45, 7) is 13.2. The molecule has 24 heavy (non-hydrogen) atoms. The lowest BCUT2D eigenvalue weighted by Crippen LogP contribution is -2.46. The van der Waals surface area contributed by atoms with Crippen molar-refractivity contribution < 1.29 is 4.74 Å². The second-order valence-electron chi connectivity index (χ2n) is 8.66. The zero-order valence-corrected chi connectivity index (χ0v) is 16.3. The number of piperidine rings is 1. The maximum absolute atomic E-state index is 5.85. The first-order chi connectivity index (χ1) is 11.6. The van der Waals surface area contributed by atoms with E-state index in [1.165, 1.54) is 71.2 Å². The Morgan fingerprint density at radius 1 is 0.833 bits per heavy atom. The summed E-state index contributed by atoms with van der Waals surface area (Å²) in [4.78, 5) is 7.92. The molecule has 0 bridgehead atoms. The molecule has 3 heterocycles. The molecule has 0 unspecified atom stereocenters. The Kier molecular flexibility index (Phi) is 6.97. The average molecular weight is 338 g/mol. The number of hydrogen-bond donors (Lipinski definition) is 0. The Labute approximate surface area is 149 Å². The number of morpholine rings is 1. The van der Waals surface area contributed by atoms with Gasteiger partial charge in [-0.15, -0.1) is 0 Å². The zero-order valence-electron chi connectivity index (χ0n) is 16.3. The smallest absolute Gasteiger partial charge is 0.0678 e. The standard InChI is InChI=1S/C20H39N3O/c1-17-15-23(16-18(2)24-17)13-8-19-6-11-22(12-7-19)14-9-20-5-4-10-21(20)3/h17-20H,4-16H2,1-3H3/t17-,18+,20-/m1/s1. The van der Waals surface area contributed by atoms with Crippen LogP contribution in [0.25, 0.3) is 0 Å². The molecule has 0 radical (unpaired) electrons. The van der Waals surface area contributed by atoms with Crippen LogP contribution in [0, 0.1) is 5.92 Å². The second kappa shape index (κ2) is 8.98. The molecule has 0 saturated carbocycles. The van der Waals surface area contributed by atoms with Crippen molar-refractivity contribution in [1.82, 2.24) is 14.7 Å². The minimum absolute atomic E-state index is 0.407. The maximum Gasteiger partial charge on any atom is 0.0678 e. The molecule has 3 saturated heterocycles. The highest BCUT2D eigenvalue weighted by Crippen LogP contribution is 2.24. The maximum atomic E-state index is 5.85. The van der Waals surface area contributed by atoms with E-state index in [2.05, 4.69) is 35.6 Å². The first kappa shape index (κ1) is 18.6. The van der Waals surface area contributed by atoms with E-state index in [0.717, 1.165) is 25.0 Å². The third kappa shape index (κ3) is 5.42. The monoisotopic (exact) mass is 337 g/mol. The van der Waals surface area contributed by atoms with E-state index in [4.69, 9.17) is 4.74 Å². The van der Waals surface area contributed by atoms with E-state index >= 15 is 0 Å². The molecule has 0 aromatic heterocycles. The normalized spacial score (nSPS) is 34.9. The van der Waals surface area contributed by atoms with E-state index in [9.17, 15) is 0 Å². The van der Waals surface area contributed by atoms with Crippen molar-refractivity contribution in [2.24, 2.45) is 5.92 Å². The van der Waals surface area contributed by atoms with Gasteiger partial charge < -0.3 is 14.5 Å². The fraction of sp³-hybridized carbons (Fsp3) is 1.00. The fourth-order valence-electron chi connectivity index (χ4n) is 5.01. The summed E-state index contributed by atoms with van der Waals surface area (Å²) in [5.41, 5.74) is 0. The molecule has 3 fully saturated rings. The van der Waals surface area contributed by atoms with Crippen molar-refractivity contribution in [2.45, 2.75) is 70.6 Å². The van der Waals surface area contributed by atoms with Crippen LogP contribution in [0.2, 0.25) is 0 Å². The molecule has 4 nitrogen and oxygen atoms in total. The van der Waals surface area contributed by atoms with E-state index in [-0.39, 0.29) is 0 Å². The predicted octanol–water partition coefficient (Wildman–Crippen LogP) is 2.68. The topological polar surface area (TPSA) is 19.0 Å². The van der Waals surface area contributed by atoms with Crippen LogP contribution in [0.5, 0.6) is 0 Å². The molecule has 0 N–H and O–H groups in total. The number of rotatable bonds is 6.